The summed E-state index contributed by atoms with van der Waals surface area (Å²) in [6.07, 6.45) is 2.20. The molecular weight excluding hydrogens is 332 g/mol. The van der Waals surface area contributed by atoms with Crippen LogP contribution < -0.4 is 0 Å². The molecule has 6 nitrogen and oxygen atoms in total. The summed E-state index contributed by atoms with van der Waals surface area (Å²) in [6, 6.07) is 0. The Hall–Kier alpha value is -1.66. The summed E-state index contributed by atoms with van der Waals surface area (Å²) in [7, 11) is 0. The third kappa shape index (κ3) is 9.15. The molecule has 0 amide bonds. The topological polar surface area (TPSA) is 70.1 Å². The number of ether oxygens (including phenoxy) is 1. The molecule has 0 fully saturated rings. The molecule has 0 aromatic carbocycles. The first-order valence-corrected chi connectivity index (χ1v) is 9.53. The number of allylic oxidation sites excluding steroid dienone is 1. The van der Waals surface area contributed by atoms with Crippen molar-refractivity contribution in [3.05, 3.63) is 22.8 Å². The fraction of sp³-hybridized carbons (Fsp3) is 0.700. The van der Waals surface area contributed by atoms with Gasteiger partial charge in [0.25, 0.3) is 0 Å². The minimum absolute atomic E-state index is 0.217. The van der Waals surface area contributed by atoms with Gasteiger partial charge in [-0.2, -0.15) is 0 Å². The van der Waals surface area contributed by atoms with Crippen molar-refractivity contribution >= 4 is 11.9 Å². The molecule has 26 heavy (non-hydrogen) atoms. The van der Waals surface area contributed by atoms with Crippen LogP contribution in [0.4, 0.5) is 0 Å². The smallest absolute Gasteiger partial charge is 0.334 e. The maximum Gasteiger partial charge on any atom is 0.334 e. The molecular formula is C20H36N2O4. The van der Waals surface area contributed by atoms with E-state index in [1.54, 1.807) is 19.9 Å². The van der Waals surface area contributed by atoms with E-state index in [1.165, 1.54) is 0 Å². The monoisotopic (exact) mass is 368 g/mol. The highest BCUT2D eigenvalue weighted by atomic mass is 16.5. The lowest BCUT2D eigenvalue weighted by atomic mass is 10.0. The number of carboxylic acid groups (broad SMARTS) is 1. The number of rotatable bonds is 13. The Balaban J connectivity index is 5.17. The molecule has 0 radical (unpaired) electrons. The average Bonchev–Trinajstić information content (AvgIpc) is 2.63. The Labute approximate surface area is 158 Å². The predicted octanol–water partition coefficient (Wildman–Crippen LogP) is 2.95. The van der Waals surface area contributed by atoms with E-state index in [2.05, 4.69) is 37.5 Å². The number of aliphatic carboxylic acids is 1. The van der Waals surface area contributed by atoms with Gasteiger partial charge in [0.2, 0.25) is 0 Å². The van der Waals surface area contributed by atoms with E-state index in [9.17, 15) is 9.59 Å². The molecule has 6 heteroatoms. The summed E-state index contributed by atoms with van der Waals surface area (Å²) < 4.78 is 5.39. The van der Waals surface area contributed by atoms with Crippen molar-refractivity contribution in [1.82, 2.24) is 9.80 Å². The lowest BCUT2D eigenvalue weighted by Gasteiger charge is -2.20. The Morgan fingerprint density at radius 2 is 1.42 bits per heavy atom. The second-order valence-electron chi connectivity index (χ2n) is 6.22. The van der Waals surface area contributed by atoms with E-state index in [0.29, 0.717) is 25.1 Å². The molecule has 0 spiro atoms. The molecule has 1 N–H and O–H groups in total. The van der Waals surface area contributed by atoms with Crippen LogP contribution >= 0.6 is 0 Å². The van der Waals surface area contributed by atoms with Crippen LogP contribution in [0, 0.1) is 0 Å². The Kier molecular flexibility index (Phi) is 12.7. The first-order chi connectivity index (χ1) is 12.3. The number of carboxylic acids is 1. The van der Waals surface area contributed by atoms with Crippen LogP contribution in [0.3, 0.4) is 0 Å². The van der Waals surface area contributed by atoms with E-state index in [0.717, 1.165) is 38.3 Å². The van der Waals surface area contributed by atoms with Crippen molar-refractivity contribution < 1.29 is 19.4 Å². The highest BCUT2D eigenvalue weighted by Gasteiger charge is 2.14. The number of carbonyl (C=O) groups is 2. The molecule has 0 aliphatic rings. The van der Waals surface area contributed by atoms with Gasteiger partial charge in [0, 0.05) is 24.2 Å². The van der Waals surface area contributed by atoms with Crippen LogP contribution in [-0.2, 0) is 14.3 Å². The maximum atomic E-state index is 12.4. The predicted molar refractivity (Wildman–Crippen MR) is 105 cm³/mol. The minimum atomic E-state index is -0.979. The Morgan fingerprint density at radius 3 is 1.88 bits per heavy atom. The standard InChI is InChI=1S/C20H36N2O4/c1-7-21(8-2)12-11-18(15-16(5)19(23)24)17(6)20(25)26-14-13-22(9-3)10-4/h15H,7-14H2,1-6H3,(H,23,24). The molecule has 0 aromatic heterocycles. The number of esters is 1. The quantitative estimate of drug-likeness (QED) is 0.306. The van der Waals surface area contributed by atoms with Crippen LogP contribution in [0.1, 0.15) is 48.0 Å². The minimum Gasteiger partial charge on any atom is -0.478 e. The molecule has 150 valence electrons. The summed E-state index contributed by atoms with van der Waals surface area (Å²) in [6.45, 7) is 17.0. The van der Waals surface area contributed by atoms with Crippen molar-refractivity contribution in [2.45, 2.75) is 48.0 Å². The van der Waals surface area contributed by atoms with Crippen molar-refractivity contribution in [3.8, 4) is 0 Å². The fourth-order valence-corrected chi connectivity index (χ4v) is 2.56. The molecule has 0 unspecified atom stereocenters. The van der Waals surface area contributed by atoms with Crippen molar-refractivity contribution in [2.24, 2.45) is 0 Å². The number of hydrogen-bond acceptors (Lipinski definition) is 5. The summed E-state index contributed by atoms with van der Waals surface area (Å²) in [5.74, 6) is -1.35. The molecule has 0 aliphatic carbocycles. The molecule has 0 aliphatic heterocycles. The van der Waals surface area contributed by atoms with Crippen molar-refractivity contribution in [1.29, 1.82) is 0 Å². The van der Waals surface area contributed by atoms with Gasteiger partial charge in [-0.1, -0.05) is 27.7 Å². The highest BCUT2D eigenvalue weighted by Crippen LogP contribution is 2.16. The van der Waals surface area contributed by atoms with E-state index in [4.69, 9.17) is 9.84 Å². The zero-order chi connectivity index (χ0) is 20.1. The maximum absolute atomic E-state index is 12.4. The van der Waals surface area contributed by atoms with Crippen LogP contribution in [0.2, 0.25) is 0 Å². The fourth-order valence-electron chi connectivity index (χ4n) is 2.56. The van der Waals surface area contributed by atoms with Gasteiger partial charge in [0.15, 0.2) is 0 Å². The zero-order valence-corrected chi connectivity index (χ0v) is 17.3. The zero-order valence-electron chi connectivity index (χ0n) is 17.3. The molecule has 0 bridgehead atoms. The third-order valence-electron chi connectivity index (χ3n) is 4.64. The van der Waals surface area contributed by atoms with Gasteiger partial charge < -0.3 is 19.6 Å². The highest BCUT2D eigenvalue weighted by molar-refractivity contribution is 5.91. The van der Waals surface area contributed by atoms with Gasteiger partial charge in [-0.25, -0.2) is 9.59 Å². The average molecular weight is 369 g/mol. The summed E-state index contributed by atoms with van der Waals surface area (Å²) >= 11 is 0. The van der Waals surface area contributed by atoms with E-state index in [-0.39, 0.29) is 11.5 Å². The lowest BCUT2D eigenvalue weighted by molar-refractivity contribution is -0.139. The number of nitrogens with zero attached hydrogens (tertiary/aromatic N) is 2. The molecule has 0 rings (SSSR count). The normalized spacial score (nSPS) is 13.2. The van der Waals surface area contributed by atoms with Gasteiger partial charge in [0.05, 0.1) is 0 Å². The first kappa shape index (κ1) is 24.3. The Bertz CT molecular complexity index is 504. The van der Waals surface area contributed by atoms with Gasteiger partial charge >= 0.3 is 11.9 Å². The van der Waals surface area contributed by atoms with Crippen LogP contribution in [0.15, 0.2) is 22.8 Å². The second kappa shape index (κ2) is 13.5. The molecule has 0 aromatic rings. The van der Waals surface area contributed by atoms with Gasteiger partial charge in [-0.3, -0.25) is 0 Å². The van der Waals surface area contributed by atoms with Gasteiger partial charge in [-0.05, 0) is 58.1 Å². The SMILES string of the molecule is CCN(CC)CCOC(=O)C(C)=C(C=C(C)C(=O)O)CCN(CC)CC. The van der Waals surface area contributed by atoms with Crippen LogP contribution in [-0.4, -0.2) is 72.7 Å². The van der Waals surface area contributed by atoms with E-state index in [1.807, 2.05) is 0 Å². The molecule has 0 saturated heterocycles. The molecule has 0 atom stereocenters. The van der Waals surface area contributed by atoms with Crippen molar-refractivity contribution in [2.75, 3.05) is 45.9 Å². The lowest BCUT2D eigenvalue weighted by Crippen LogP contribution is -2.28. The third-order valence-corrected chi connectivity index (χ3v) is 4.64. The first-order valence-electron chi connectivity index (χ1n) is 9.53. The molecule has 0 heterocycles. The van der Waals surface area contributed by atoms with Crippen LogP contribution in [0.5, 0.6) is 0 Å². The summed E-state index contributed by atoms with van der Waals surface area (Å²) in [5.41, 5.74) is 1.43. The van der Waals surface area contributed by atoms with Gasteiger partial charge in [-0.15, -0.1) is 0 Å². The van der Waals surface area contributed by atoms with Crippen LogP contribution in [0.25, 0.3) is 0 Å². The largest absolute Gasteiger partial charge is 0.478 e. The Morgan fingerprint density at radius 1 is 0.923 bits per heavy atom. The van der Waals surface area contributed by atoms with Crippen molar-refractivity contribution in [3.63, 3.8) is 0 Å². The second-order valence-corrected chi connectivity index (χ2v) is 6.22. The molecule has 0 saturated carbocycles. The van der Waals surface area contributed by atoms with E-state index >= 15 is 0 Å². The number of hydrogen-bond donors (Lipinski definition) is 1. The summed E-state index contributed by atoms with van der Waals surface area (Å²) in [5, 5.41) is 9.15. The number of likely N-dealkylation sites (N-methyl/N-ethyl adjacent to an activating group) is 1. The summed E-state index contributed by atoms with van der Waals surface area (Å²) in [4.78, 5) is 28.0. The van der Waals surface area contributed by atoms with E-state index < -0.39 is 5.97 Å². The number of carbonyl (C=O) groups excluding carboxylic acids is 1. The van der Waals surface area contributed by atoms with Gasteiger partial charge in [0.1, 0.15) is 6.61 Å².